The van der Waals surface area contributed by atoms with Crippen LogP contribution in [0.15, 0.2) is 73.2 Å². The monoisotopic (exact) mass is 373 g/mol. The van der Waals surface area contributed by atoms with Gasteiger partial charge in [0, 0.05) is 36.1 Å². The second-order valence-corrected chi connectivity index (χ2v) is 6.08. The number of nitrogens with one attached hydrogen (secondary N) is 2. The van der Waals surface area contributed by atoms with Crippen molar-refractivity contribution in [2.75, 3.05) is 10.6 Å². The number of carbonyl (C=O) groups is 1. The van der Waals surface area contributed by atoms with E-state index in [4.69, 9.17) is 0 Å². The van der Waals surface area contributed by atoms with E-state index in [-0.39, 0.29) is 18.3 Å². The number of fused-ring (bicyclic) bond motifs is 1. The Balaban J connectivity index is 1.44. The van der Waals surface area contributed by atoms with Gasteiger partial charge in [-0.3, -0.25) is 9.78 Å². The summed E-state index contributed by atoms with van der Waals surface area (Å²) in [6.07, 6.45) is 4.52. The molecule has 0 unspecified atom stereocenters. The van der Waals surface area contributed by atoms with Crippen molar-refractivity contribution in [3.8, 4) is 0 Å². The lowest BCUT2D eigenvalue weighted by Gasteiger charge is -2.09. The molecule has 2 aromatic heterocycles. The second-order valence-electron chi connectivity index (χ2n) is 6.08. The lowest BCUT2D eigenvalue weighted by Crippen LogP contribution is -2.14. The molecule has 0 aliphatic carbocycles. The van der Waals surface area contributed by atoms with Gasteiger partial charge in [-0.2, -0.15) is 0 Å². The van der Waals surface area contributed by atoms with Crippen LogP contribution in [0.5, 0.6) is 0 Å². The molecule has 0 aliphatic heterocycles. The van der Waals surface area contributed by atoms with Gasteiger partial charge in [-0.1, -0.05) is 36.4 Å². The fourth-order valence-electron chi connectivity index (χ4n) is 2.75. The summed E-state index contributed by atoms with van der Waals surface area (Å²) >= 11 is 0. The summed E-state index contributed by atoms with van der Waals surface area (Å²) in [7, 11) is 0. The number of hydrogen-bond acceptors (Lipinski definition) is 5. The summed E-state index contributed by atoms with van der Waals surface area (Å²) in [5.74, 6) is -0.319. The van der Waals surface area contributed by atoms with Gasteiger partial charge in [0.1, 0.15) is 5.82 Å². The number of nitrogens with zero attached hydrogens (tertiary/aromatic N) is 3. The summed E-state index contributed by atoms with van der Waals surface area (Å²) in [5, 5.41) is 6.71. The van der Waals surface area contributed by atoms with Gasteiger partial charge >= 0.3 is 0 Å². The van der Waals surface area contributed by atoms with Crippen molar-refractivity contribution in [3.63, 3.8) is 0 Å². The predicted molar refractivity (Wildman–Crippen MR) is 105 cm³/mol. The maximum atomic E-state index is 13.6. The first-order valence-electron chi connectivity index (χ1n) is 8.65. The Labute approximate surface area is 160 Å². The maximum absolute atomic E-state index is 13.6. The first kappa shape index (κ1) is 17.5. The molecule has 0 saturated heterocycles. The first-order chi connectivity index (χ1) is 13.7. The van der Waals surface area contributed by atoms with Crippen molar-refractivity contribution >= 4 is 28.4 Å². The minimum atomic E-state index is -0.334. The van der Waals surface area contributed by atoms with Gasteiger partial charge in [0.2, 0.25) is 5.95 Å². The molecule has 2 N–H and O–H groups in total. The fraction of sp³-hybridized carbons (Fsp3) is 0.0476. The van der Waals surface area contributed by atoms with Gasteiger partial charge in [0.25, 0.3) is 5.91 Å². The van der Waals surface area contributed by atoms with Gasteiger partial charge in [0.15, 0.2) is 0 Å². The molecule has 0 atom stereocenters. The predicted octanol–water partition coefficient (Wildman–Crippen LogP) is 4.03. The SMILES string of the molecule is O=C(Nc1cccc2cccnc12)c1cnc(NCc2ccccc2F)nc1. The molecule has 6 nitrogen and oxygen atoms in total. The van der Waals surface area contributed by atoms with Gasteiger partial charge in [0.05, 0.1) is 16.8 Å². The molecule has 0 aliphatic rings. The van der Waals surface area contributed by atoms with Crippen LogP contribution in [-0.2, 0) is 6.54 Å². The van der Waals surface area contributed by atoms with E-state index in [9.17, 15) is 9.18 Å². The van der Waals surface area contributed by atoms with E-state index in [1.54, 1.807) is 30.5 Å². The van der Waals surface area contributed by atoms with E-state index in [1.807, 2.05) is 24.3 Å². The fourth-order valence-corrected chi connectivity index (χ4v) is 2.75. The highest BCUT2D eigenvalue weighted by Crippen LogP contribution is 2.21. The van der Waals surface area contributed by atoms with Crippen LogP contribution in [0.2, 0.25) is 0 Å². The van der Waals surface area contributed by atoms with E-state index in [2.05, 4.69) is 25.6 Å². The Bertz CT molecular complexity index is 1130. The third-order valence-electron chi connectivity index (χ3n) is 4.19. The third kappa shape index (κ3) is 3.78. The van der Waals surface area contributed by atoms with E-state index >= 15 is 0 Å². The quantitative estimate of drug-likeness (QED) is 0.552. The highest BCUT2D eigenvalue weighted by Gasteiger charge is 2.10. The van der Waals surface area contributed by atoms with Gasteiger partial charge in [-0.05, 0) is 18.2 Å². The van der Waals surface area contributed by atoms with Crippen molar-refractivity contribution in [3.05, 3.63) is 90.1 Å². The molecule has 0 bridgehead atoms. The number of pyridine rings is 1. The van der Waals surface area contributed by atoms with Crippen LogP contribution in [0.1, 0.15) is 15.9 Å². The van der Waals surface area contributed by atoms with Crippen LogP contribution in [0.4, 0.5) is 16.0 Å². The van der Waals surface area contributed by atoms with Crippen molar-refractivity contribution in [2.45, 2.75) is 6.54 Å². The van der Waals surface area contributed by atoms with E-state index in [1.165, 1.54) is 18.5 Å². The molecule has 2 aromatic carbocycles. The standard InChI is InChI=1S/C21H16FN5O/c22-17-8-2-1-5-15(17)11-24-21-25-12-16(13-26-21)20(28)27-18-9-3-6-14-7-4-10-23-19(14)18/h1-10,12-13H,11H2,(H,27,28)(H,24,25,26). The number of hydrogen-bond donors (Lipinski definition) is 2. The van der Waals surface area contributed by atoms with Crippen LogP contribution >= 0.6 is 0 Å². The summed E-state index contributed by atoms with van der Waals surface area (Å²) in [4.78, 5) is 25.1. The molecule has 0 spiro atoms. The molecule has 28 heavy (non-hydrogen) atoms. The summed E-state index contributed by atoms with van der Waals surface area (Å²) in [5.41, 5.74) is 2.15. The molecule has 0 radical (unpaired) electrons. The summed E-state index contributed by atoms with van der Waals surface area (Å²) in [6.45, 7) is 0.250. The van der Waals surface area contributed by atoms with Gasteiger partial charge in [-0.15, -0.1) is 0 Å². The number of anilines is 2. The molecule has 4 rings (SSSR count). The van der Waals surface area contributed by atoms with Crippen LogP contribution < -0.4 is 10.6 Å². The Kier molecular flexibility index (Phi) is 4.88. The Morgan fingerprint density at radius 1 is 0.929 bits per heavy atom. The molecule has 138 valence electrons. The van der Waals surface area contributed by atoms with Crippen molar-refractivity contribution in [1.82, 2.24) is 15.0 Å². The Morgan fingerprint density at radius 2 is 1.71 bits per heavy atom. The smallest absolute Gasteiger partial charge is 0.258 e. The number of amides is 1. The average Bonchev–Trinajstić information content (AvgIpc) is 2.74. The van der Waals surface area contributed by atoms with Crippen molar-refractivity contribution < 1.29 is 9.18 Å². The normalized spacial score (nSPS) is 10.6. The molecule has 0 fully saturated rings. The van der Waals surface area contributed by atoms with Crippen molar-refractivity contribution in [2.24, 2.45) is 0 Å². The number of benzene rings is 2. The zero-order valence-electron chi connectivity index (χ0n) is 14.8. The topological polar surface area (TPSA) is 79.8 Å². The second kappa shape index (κ2) is 7.79. The van der Waals surface area contributed by atoms with E-state index in [0.29, 0.717) is 28.3 Å². The molecule has 4 aromatic rings. The van der Waals surface area contributed by atoms with Crippen LogP contribution in [0, 0.1) is 5.82 Å². The zero-order chi connectivity index (χ0) is 19.3. The number of carbonyl (C=O) groups excluding carboxylic acids is 1. The largest absolute Gasteiger partial charge is 0.350 e. The molecule has 1 amide bonds. The van der Waals surface area contributed by atoms with Crippen LogP contribution in [0.25, 0.3) is 10.9 Å². The van der Waals surface area contributed by atoms with E-state index < -0.39 is 0 Å². The Morgan fingerprint density at radius 3 is 2.54 bits per heavy atom. The molecule has 0 saturated carbocycles. The van der Waals surface area contributed by atoms with E-state index in [0.717, 1.165) is 5.39 Å². The minimum absolute atomic E-state index is 0.250. The molecular weight excluding hydrogens is 357 g/mol. The summed E-state index contributed by atoms with van der Waals surface area (Å²) < 4.78 is 13.6. The van der Waals surface area contributed by atoms with Crippen molar-refractivity contribution in [1.29, 1.82) is 0 Å². The van der Waals surface area contributed by atoms with Gasteiger partial charge in [-0.25, -0.2) is 14.4 Å². The summed E-state index contributed by atoms with van der Waals surface area (Å²) in [6, 6.07) is 15.8. The Hall–Kier alpha value is -3.87. The number of aromatic nitrogens is 3. The highest BCUT2D eigenvalue weighted by atomic mass is 19.1. The number of rotatable bonds is 5. The number of para-hydroxylation sites is 1. The van der Waals surface area contributed by atoms with Crippen LogP contribution in [0.3, 0.4) is 0 Å². The maximum Gasteiger partial charge on any atom is 0.258 e. The molecular formula is C21H16FN5O. The molecule has 2 heterocycles. The minimum Gasteiger partial charge on any atom is -0.350 e. The first-order valence-corrected chi connectivity index (χ1v) is 8.65. The average molecular weight is 373 g/mol. The van der Waals surface area contributed by atoms with Crippen LogP contribution in [-0.4, -0.2) is 20.9 Å². The highest BCUT2D eigenvalue weighted by molar-refractivity contribution is 6.08. The van der Waals surface area contributed by atoms with Gasteiger partial charge < -0.3 is 10.6 Å². The molecule has 7 heteroatoms. The third-order valence-corrected chi connectivity index (χ3v) is 4.19. The lowest BCUT2D eigenvalue weighted by molar-refractivity contribution is 0.102. The zero-order valence-corrected chi connectivity index (χ0v) is 14.8. The number of halogens is 1. The lowest BCUT2D eigenvalue weighted by atomic mass is 10.2.